The molecular formula is C12H14F3N. The van der Waals surface area contributed by atoms with Crippen LogP contribution in [0.5, 0.6) is 0 Å². The standard InChI is InChI=1S/C12H14F3N/c1-7-5-8(2)9-3-4-16-11(10(9)6-7)12(13,14)15/h5-6,11,16H,3-4H2,1-2H3. The summed E-state index contributed by atoms with van der Waals surface area (Å²) in [7, 11) is 0. The molecule has 0 bridgehead atoms. The Morgan fingerprint density at radius 1 is 1.25 bits per heavy atom. The van der Waals surface area contributed by atoms with Gasteiger partial charge in [0.15, 0.2) is 0 Å². The third-order valence-electron chi connectivity index (χ3n) is 3.01. The number of benzene rings is 1. The number of halogens is 3. The van der Waals surface area contributed by atoms with Gasteiger partial charge in [-0.15, -0.1) is 0 Å². The molecule has 1 aliphatic rings. The Hall–Kier alpha value is -1.03. The van der Waals surface area contributed by atoms with Crippen LogP contribution in [0.2, 0.25) is 0 Å². The molecule has 1 atom stereocenters. The Morgan fingerprint density at radius 2 is 1.94 bits per heavy atom. The highest BCUT2D eigenvalue weighted by Gasteiger charge is 2.43. The number of nitrogens with one attached hydrogen (secondary N) is 1. The van der Waals surface area contributed by atoms with Gasteiger partial charge in [-0.1, -0.05) is 17.7 Å². The number of hydrogen-bond donors (Lipinski definition) is 1. The number of alkyl halides is 3. The average Bonchev–Trinajstić information content (AvgIpc) is 2.15. The second-order valence-corrected chi connectivity index (χ2v) is 4.33. The highest BCUT2D eigenvalue weighted by atomic mass is 19.4. The topological polar surface area (TPSA) is 12.0 Å². The van der Waals surface area contributed by atoms with Crippen LogP contribution in [-0.2, 0) is 6.42 Å². The van der Waals surface area contributed by atoms with E-state index in [0.29, 0.717) is 18.5 Å². The van der Waals surface area contributed by atoms with E-state index < -0.39 is 12.2 Å². The zero-order valence-electron chi connectivity index (χ0n) is 9.28. The maximum Gasteiger partial charge on any atom is 0.407 e. The largest absolute Gasteiger partial charge is 0.407 e. The maximum absolute atomic E-state index is 12.8. The van der Waals surface area contributed by atoms with Crippen LogP contribution >= 0.6 is 0 Å². The summed E-state index contributed by atoms with van der Waals surface area (Å²) in [6, 6.07) is 2.08. The Labute approximate surface area is 92.7 Å². The van der Waals surface area contributed by atoms with Crippen molar-refractivity contribution in [1.82, 2.24) is 5.32 Å². The molecule has 1 aliphatic heterocycles. The van der Waals surface area contributed by atoms with Gasteiger partial charge in [-0.3, -0.25) is 0 Å². The van der Waals surface area contributed by atoms with Gasteiger partial charge in [0, 0.05) is 6.54 Å². The second kappa shape index (κ2) is 3.77. The molecule has 4 heteroatoms. The molecule has 0 radical (unpaired) electrons. The molecule has 0 spiro atoms. The number of hydrogen-bond acceptors (Lipinski definition) is 1. The van der Waals surface area contributed by atoms with Crippen LogP contribution in [-0.4, -0.2) is 12.7 Å². The lowest BCUT2D eigenvalue weighted by atomic mass is 9.89. The fraction of sp³-hybridized carbons (Fsp3) is 0.500. The van der Waals surface area contributed by atoms with Crippen LogP contribution in [0.4, 0.5) is 13.2 Å². The molecule has 1 N–H and O–H groups in total. The first-order valence-electron chi connectivity index (χ1n) is 5.29. The lowest BCUT2D eigenvalue weighted by Gasteiger charge is -2.30. The first kappa shape index (κ1) is 11.5. The minimum atomic E-state index is -4.21. The number of fused-ring (bicyclic) bond motifs is 1. The van der Waals surface area contributed by atoms with Crippen LogP contribution in [0, 0.1) is 13.8 Å². The van der Waals surface area contributed by atoms with Crippen LogP contribution in [0.25, 0.3) is 0 Å². The summed E-state index contributed by atoms with van der Waals surface area (Å²) in [5.74, 6) is 0. The third-order valence-corrected chi connectivity index (χ3v) is 3.01. The van der Waals surface area contributed by atoms with E-state index in [9.17, 15) is 13.2 Å². The van der Waals surface area contributed by atoms with Gasteiger partial charge >= 0.3 is 6.18 Å². The van der Waals surface area contributed by atoms with Crippen molar-refractivity contribution in [3.63, 3.8) is 0 Å². The highest BCUT2D eigenvalue weighted by Crippen LogP contribution is 2.37. The second-order valence-electron chi connectivity index (χ2n) is 4.33. The molecule has 0 fully saturated rings. The molecule has 0 aromatic heterocycles. The number of rotatable bonds is 0. The van der Waals surface area contributed by atoms with Crippen LogP contribution in [0.15, 0.2) is 12.1 Å². The van der Waals surface area contributed by atoms with Gasteiger partial charge in [0.25, 0.3) is 0 Å². The summed E-state index contributed by atoms with van der Waals surface area (Å²) in [5.41, 5.74) is 3.10. The van der Waals surface area contributed by atoms with Crippen molar-refractivity contribution < 1.29 is 13.2 Å². The van der Waals surface area contributed by atoms with Crippen molar-refractivity contribution >= 4 is 0 Å². The summed E-state index contributed by atoms with van der Waals surface area (Å²) in [4.78, 5) is 0. The molecule has 1 heterocycles. The fourth-order valence-corrected chi connectivity index (χ4v) is 2.37. The highest BCUT2D eigenvalue weighted by molar-refractivity contribution is 5.42. The van der Waals surface area contributed by atoms with Gasteiger partial charge in [0.1, 0.15) is 6.04 Å². The van der Waals surface area contributed by atoms with Crippen molar-refractivity contribution in [2.24, 2.45) is 0 Å². The molecule has 0 aliphatic carbocycles. The zero-order chi connectivity index (χ0) is 11.9. The van der Waals surface area contributed by atoms with Crippen molar-refractivity contribution in [3.05, 3.63) is 34.4 Å². The Morgan fingerprint density at radius 3 is 2.56 bits per heavy atom. The predicted octanol–water partition coefficient (Wildman–Crippen LogP) is 3.05. The van der Waals surface area contributed by atoms with Crippen LogP contribution in [0.3, 0.4) is 0 Å². The van der Waals surface area contributed by atoms with Crippen molar-refractivity contribution in [2.45, 2.75) is 32.5 Å². The van der Waals surface area contributed by atoms with Gasteiger partial charge in [-0.2, -0.15) is 13.2 Å². The summed E-state index contributed by atoms with van der Waals surface area (Å²) in [6.45, 7) is 4.10. The van der Waals surface area contributed by atoms with Crippen molar-refractivity contribution in [2.75, 3.05) is 6.54 Å². The zero-order valence-corrected chi connectivity index (χ0v) is 9.28. The smallest absolute Gasteiger partial charge is 0.302 e. The molecule has 88 valence electrons. The molecule has 0 saturated heterocycles. The maximum atomic E-state index is 12.8. The summed E-state index contributed by atoms with van der Waals surface area (Å²) in [6.07, 6.45) is -3.54. The normalized spacial score (nSPS) is 20.7. The molecule has 0 saturated carbocycles. The molecule has 16 heavy (non-hydrogen) atoms. The van der Waals surface area contributed by atoms with Crippen molar-refractivity contribution in [3.8, 4) is 0 Å². The quantitative estimate of drug-likeness (QED) is 0.721. The van der Waals surface area contributed by atoms with E-state index in [-0.39, 0.29) is 0 Å². The molecule has 2 rings (SSSR count). The number of aryl methyl sites for hydroxylation is 2. The van der Waals surface area contributed by atoms with E-state index in [4.69, 9.17) is 0 Å². The van der Waals surface area contributed by atoms with Gasteiger partial charge in [0.2, 0.25) is 0 Å². The lowest BCUT2D eigenvalue weighted by molar-refractivity contribution is -0.158. The molecular weight excluding hydrogens is 215 g/mol. The van der Waals surface area contributed by atoms with Gasteiger partial charge < -0.3 is 5.32 Å². The van der Waals surface area contributed by atoms with E-state index in [0.717, 1.165) is 16.7 Å². The van der Waals surface area contributed by atoms with Crippen LogP contribution < -0.4 is 5.32 Å². The molecule has 1 unspecified atom stereocenters. The predicted molar refractivity (Wildman–Crippen MR) is 56.4 cm³/mol. The Balaban J connectivity index is 2.54. The molecule has 1 aromatic carbocycles. The summed E-state index contributed by atoms with van der Waals surface area (Å²) >= 11 is 0. The van der Waals surface area contributed by atoms with E-state index in [2.05, 4.69) is 5.32 Å². The van der Waals surface area contributed by atoms with E-state index in [1.807, 2.05) is 19.9 Å². The SMILES string of the molecule is Cc1cc(C)c2c(c1)C(C(F)(F)F)NCC2. The Bertz CT molecular complexity index is 409. The van der Waals surface area contributed by atoms with E-state index >= 15 is 0 Å². The minimum Gasteiger partial charge on any atom is -0.302 e. The van der Waals surface area contributed by atoms with Gasteiger partial charge in [-0.05, 0) is 37.0 Å². The Kier molecular flexibility index (Phi) is 2.70. The van der Waals surface area contributed by atoms with E-state index in [1.165, 1.54) is 0 Å². The average molecular weight is 229 g/mol. The van der Waals surface area contributed by atoms with E-state index in [1.54, 1.807) is 6.07 Å². The molecule has 1 nitrogen and oxygen atoms in total. The fourth-order valence-electron chi connectivity index (χ4n) is 2.37. The lowest BCUT2D eigenvalue weighted by Crippen LogP contribution is -2.39. The summed E-state index contributed by atoms with van der Waals surface area (Å²) < 4.78 is 38.5. The van der Waals surface area contributed by atoms with Gasteiger partial charge in [-0.25, -0.2) is 0 Å². The third kappa shape index (κ3) is 1.94. The van der Waals surface area contributed by atoms with Gasteiger partial charge in [0.05, 0.1) is 0 Å². The molecule has 1 aromatic rings. The molecule has 0 amide bonds. The van der Waals surface area contributed by atoms with Crippen molar-refractivity contribution in [1.29, 1.82) is 0 Å². The monoisotopic (exact) mass is 229 g/mol. The first-order chi connectivity index (χ1) is 7.39. The first-order valence-corrected chi connectivity index (χ1v) is 5.29. The summed E-state index contributed by atoms with van der Waals surface area (Å²) in [5, 5.41) is 2.54. The van der Waals surface area contributed by atoms with Crippen LogP contribution in [0.1, 0.15) is 28.3 Å². The minimum absolute atomic E-state index is 0.390.